The van der Waals surface area contributed by atoms with Gasteiger partial charge in [-0.3, -0.25) is 13.9 Å². The summed E-state index contributed by atoms with van der Waals surface area (Å²) in [7, 11) is -3.58. The van der Waals surface area contributed by atoms with Gasteiger partial charge in [-0.05, 0) is 61.2 Å². The van der Waals surface area contributed by atoms with Crippen LogP contribution in [0.25, 0.3) is 0 Å². The Kier molecular flexibility index (Phi) is 11.3. The zero-order valence-electron chi connectivity index (χ0n) is 20.8. The molecule has 1 N–H and O–H groups in total. The summed E-state index contributed by atoms with van der Waals surface area (Å²) in [5, 5.41) is 4.10. The minimum absolute atomic E-state index is 0.0444. The van der Waals surface area contributed by atoms with E-state index >= 15 is 0 Å². The predicted octanol–water partition coefficient (Wildman–Crippen LogP) is 5.38. The standard InChI is InChI=1S/C25H32Cl3N3O4S/c1-17(2)15-29-25(33)18(3)30(16-19-7-12-22(27)23(28)14-19)24(32)6-5-13-31(36(4,34)35)21-10-8-20(26)9-11-21/h7-12,14,17-18H,5-6,13,15-16H2,1-4H3,(H,29,33)/t18-/m0/s1. The predicted molar refractivity (Wildman–Crippen MR) is 147 cm³/mol. The maximum absolute atomic E-state index is 13.3. The molecule has 0 aliphatic rings. The fourth-order valence-corrected chi connectivity index (χ4v) is 4.89. The van der Waals surface area contributed by atoms with Crippen LogP contribution in [0.4, 0.5) is 5.69 Å². The monoisotopic (exact) mass is 575 g/mol. The van der Waals surface area contributed by atoms with Crippen molar-refractivity contribution in [3.63, 3.8) is 0 Å². The Labute approximate surface area is 228 Å². The van der Waals surface area contributed by atoms with Gasteiger partial charge in [-0.25, -0.2) is 8.42 Å². The zero-order valence-corrected chi connectivity index (χ0v) is 23.9. The lowest BCUT2D eigenvalue weighted by Gasteiger charge is -2.30. The molecule has 0 radical (unpaired) electrons. The van der Waals surface area contributed by atoms with E-state index in [4.69, 9.17) is 34.8 Å². The highest BCUT2D eigenvalue weighted by Crippen LogP contribution is 2.25. The van der Waals surface area contributed by atoms with Gasteiger partial charge in [0, 0.05) is 31.1 Å². The molecule has 0 spiro atoms. The minimum Gasteiger partial charge on any atom is -0.354 e. The van der Waals surface area contributed by atoms with Crippen molar-refractivity contribution in [3.05, 3.63) is 63.1 Å². The van der Waals surface area contributed by atoms with E-state index in [0.717, 1.165) is 11.8 Å². The van der Waals surface area contributed by atoms with Gasteiger partial charge in [0.1, 0.15) is 6.04 Å². The summed E-state index contributed by atoms with van der Waals surface area (Å²) >= 11 is 18.1. The molecule has 0 heterocycles. The van der Waals surface area contributed by atoms with Crippen LogP contribution in [0.15, 0.2) is 42.5 Å². The summed E-state index contributed by atoms with van der Waals surface area (Å²) in [6.45, 7) is 6.37. The van der Waals surface area contributed by atoms with Crippen molar-refractivity contribution in [3.8, 4) is 0 Å². The smallest absolute Gasteiger partial charge is 0.242 e. The number of anilines is 1. The summed E-state index contributed by atoms with van der Waals surface area (Å²) in [5.74, 6) is -0.288. The minimum atomic E-state index is -3.58. The average Bonchev–Trinajstić information content (AvgIpc) is 2.80. The fourth-order valence-electron chi connectivity index (χ4n) is 3.48. The average molecular weight is 577 g/mol. The van der Waals surface area contributed by atoms with E-state index in [9.17, 15) is 18.0 Å². The molecular weight excluding hydrogens is 545 g/mol. The van der Waals surface area contributed by atoms with E-state index in [1.165, 1.54) is 9.21 Å². The lowest BCUT2D eigenvalue weighted by Crippen LogP contribution is -2.48. The van der Waals surface area contributed by atoms with Crippen molar-refractivity contribution < 1.29 is 18.0 Å². The maximum Gasteiger partial charge on any atom is 0.242 e. The van der Waals surface area contributed by atoms with E-state index in [-0.39, 0.29) is 43.7 Å². The van der Waals surface area contributed by atoms with E-state index in [1.807, 2.05) is 13.8 Å². The molecule has 198 valence electrons. The lowest BCUT2D eigenvalue weighted by atomic mass is 10.1. The molecule has 0 saturated heterocycles. The summed E-state index contributed by atoms with van der Waals surface area (Å²) in [6.07, 6.45) is 1.41. The van der Waals surface area contributed by atoms with Crippen LogP contribution in [0.2, 0.25) is 15.1 Å². The van der Waals surface area contributed by atoms with Crippen LogP contribution in [-0.2, 0) is 26.2 Å². The van der Waals surface area contributed by atoms with E-state index < -0.39 is 16.1 Å². The SMILES string of the molecule is CC(C)CNC(=O)[C@H](C)N(Cc1ccc(Cl)c(Cl)c1)C(=O)CCCN(c1ccc(Cl)cc1)S(C)(=O)=O. The van der Waals surface area contributed by atoms with Crippen molar-refractivity contribution >= 4 is 62.3 Å². The number of halogens is 3. The number of nitrogens with one attached hydrogen (secondary N) is 1. The van der Waals surface area contributed by atoms with Gasteiger partial charge in [0.25, 0.3) is 0 Å². The van der Waals surface area contributed by atoms with Crippen molar-refractivity contribution in [2.45, 2.75) is 46.2 Å². The number of hydrogen-bond donors (Lipinski definition) is 1. The number of benzene rings is 2. The van der Waals surface area contributed by atoms with Crippen LogP contribution >= 0.6 is 34.8 Å². The van der Waals surface area contributed by atoms with Crippen LogP contribution in [0.5, 0.6) is 0 Å². The van der Waals surface area contributed by atoms with Gasteiger partial charge < -0.3 is 10.2 Å². The van der Waals surface area contributed by atoms with Gasteiger partial charge in [0.15, 0.2) is 0 Å². The molecule has 2 amide bonds. The van der Waals surface area contributed by atoms with E-state index in [0.29, 0.717) is 27.3 Å². The first-order chi connectivity index (χ1) is 16.8. The molecule has 0 bridgehead atoms. The zero-order chi connectivity index (χ0) is 27.0. The number of nitrogens with zero attached hydrogens (tertiary/aromatic N) is 2. The number of amides is 2. The largest absolute Gasteiger partial charge is 0.354 e. The fraction of sp³-hybridized carbons (Fsp3) is 0.440. The number of rotatable bonds is 12. The van der Waals surface area contributed by atoms with Gasteiger partial charge >= 0.3 is 0 Å². The van der Waals surface area contributed by atoms with Crippen LogP contribution in [0, 0.1) is 5.92 Å². The Bertz CT molecular complexity index is 1160. The summed E-state index contributed by atoms with van der Waals surface area (Å²) in [4.78, 5) is 27.6. The van der Waals surface area contributed by atoms with Crippen LogP contribution in [-0.4, -0.2) is 50.5 Å². The highest BCUT2D eigenvalue weighted by atomic mass is 35.5. The number of carbonyl (C=O) groups is 2. The third kappa shape index (κ3) is 9.14. The molecule has 36 heavy (non-hydrogen) atoms. The molecule has 2 aromatic rings. The number of carbonyl (C=O) groups excluding carboxylic acids is 2. The Morgan fingerprint density at radius 1 is 0.972 bits per heavy atom. The molecular formula is C25H32Cl3N3O4S. The summed E-state index contributed by atoms with van der Waals surface area (Å²) in [5.41, 5.74) is 1.18. The quantitative estimate of drug-likeness (QED) is 0.367. The molecule has 7 nitrogen and oxygen atoms in total. The van der Waals surface area contributed by atoms with Crippen molar-refractivity contribution in [2.24, 2.45) is 5.92 Å². The lowest BCUT2D eigenvalue weighted by molar-refractivity contribution is -0.140. The van der Waals surface area contributed by atoms with Crippen LogP contribution < -0.4 is 9.62 Å². The van der Waals surface area contributed by atoms with Gasteiger partial charge in [-0.15, -0.1) is 0 Å². The molecule has 0 aliphatic carbocycles. The molecule has 0 aromatic heterocycles. The first-order valence-electron chi connectivity index (χ1n) is 11.5. The van der Waals surface area contributed by atoms with Gasteiger partial charge in [-0.1, -0.05) is 54.7 Å². The van der Waals surface area contributed by atoms with Crippen LogP contribution in [0.3, 0.4) is 0 Å². The Hall–Kier alpha value is -2.00. The molecule has 2 aromatic carbocycles. The maximum atomic E-state index is 13.3. The normalized spacial score (nSPS) is 12.3. The second kappa shape index (κ2) is 13.5. The molecule has 0 unspecified atom stereocenters. The second-order valence-corrected chi connectivity index (χ2v) is 12.2. The van der Waals surface area contributed by atoms with E-state index in [2.05, 4.69) is 5.32 Å². The van der Waals surface area contributed by atoms with E-state index in [1.54, 1.807) is 49.4 Å². The van der Waals surface area contributed by atoms with Gasteiger partial charge in [0.05, 0.1) is 22.0 Å². The highest BCUT2D eigenvalue weighted by Gasteiger charge is 2.27. The second-order valence-electron chi connectivity index (χ2n) is 9.00. The highest BCUT2D eigenvalue weighted by molar-refractivity contribution is 7.92. The third-order valence-electron chi connectivity index (χ3n) is 5.46. The Morgan fingerprint density at radius 2 is 1.61 bits per heavy atom. The molecule has 0 fully saturated rings. The summed E-state index contributed by atoms with van der Waals surface area (Å²) < 4.78 is 26.0. The Morgan fingerprint density at radius 3 is 2.17 bits per heavy atom. The van der Waals surface area contributed by atoms with Gasteiger partial charge in [-0.2, -0.15) is 0 Å². The van der Waals surface area contributed by atoms with Crippen molar-refractivity contribution in [1.29, 1.82) is 0 Å². The van der Waals surface area contributed by atoms with Gasteiger partial charge in [0.2, 0.25) is 21.8 Å². The Balaban J connectivity index is 2.18. The van der Waals surface area contributed by atoms with Crippen molar-refractivity contribution in [1.82, 2.24) is 10.2 Å². The number of sulfonamides is 1. The summed E-state index contributed by atoms with van der Waals surface area (Å²) in [6, 6.07) is 10.8. The number of hydrogen-bond acceptors (Lipinski definition) is 4. The molecule has 0 aliphatic heterocycles. The topological polar surface area (TPSA) is 86.8 Å². The molecule has 1 atom stereocenters. The molecule has 0 saturated carbocycles. The molecule has 11 heteroatoms. The third-order valence-corrected chi connectivity index (χ3v) is 7.64. The molecule has 2 rings (SSSR count). The van der Waals surface area contributed by atoms with Crippen LogP contribution in [0.1, 0.15) is 39.2 Å². The van der Waals surface area contributed by atoms with Crippen molar-refractivity contribution in [2.75, 3.05) is 23.7 Å². The first kappa shape index (κ1) is 30.2. The first-order valence-corrected chi connectivity index (χ1v) is 14.5.